The van der Waals surface area contributed by atoms with E-state index in [4.69, 9.17) is 23.2 Å². The Morgan fingerprint density at radius 2 is 1.77 bits per heavy atom. The van der Waals surface area contributed by atoms with Crippen molar-refractivity contribution in [1.82, 2.24) is 0 Å². The molecule has 0 unspecified atom stereocenters. The number of hydrogen-bond donors (Lipinski definition) is 1. The Kier molecular flexibility index (Phi) is 5.49. The van der Waals surface area contributed by atoms with E-state index in [1.807, 2.05) is 6.92 Å². The monoisotopic (exact) mass is 460 g/mol. The topological polar surface area (TPSA) is 66.5 Å². The second-order valence-electron chi connectivity index (χ2n) is 6.99. The minimum Gasteiger partial charge on any atom is -0.322 e. The number of sulfonamides is 1. The zero-order valence-corrected chi connectivity index (χ0v) is 18.4. The fourth-order valence-corrected chi connectivity index (χ4v) is 5.24. The van der Waals surface area contributed by atoms with Gasteiger partial charge < -0.3 is 5.32 Å². The van der Waals surface area contributed by atoms with Gasteiger partial charge in [-0.1, -0.05) is 29.3 Å². The van der Waals surface area contributed by atoms with Crippen LogP contribution in [0, 0.1) is 6.92 Å². The molecule has 8 heteroatoms. The Bertz CT molecular complexity index is 1240. The number of carbonyl (C=O) groups is 1. The van der Waals surface area contributed by atoms with Crippen molar-refractivity contribution in [1.29, 1.82) is 0 Å². The van der Waals surface area contributed by atoms with Gasteiger partial charge in [-0.05, 0) is 79.1 Å². The highest BCUT2D eigenvalue weighted by Crippen LogP contribution is 2.34. The molecule has 154 valence electrons. The predicted octanol–water partition coefficient (Wildman–Crippen LogP) is 5.31. The molecule has 1 aliphatic heterocycles. The fourth-order valence-electron chi connectivity index (χ4n) is 3.43. The first-order valence-corrected chi connectivity index (χ1v) is 11.4. The molecule has 3 aromatic rings. The Labute approximate surface area is 185 Å². The molecule has 0 atom stereocenters. The maximum Gasteiger partial charge on any atom is 0.264 e. The summed E-state index contributed by atoms with van der Waals surface area (Å²) < 4.78 is 27.4. The molecule has 0 aromatic heterocycles. The van der Waals surface area contributed by atoms with E-state index in [-0.39, 0.29) is 10.8 Å². The van der Waals surface area contributed by atoms with Crippen molar-refractivity contribution in [2.75, 3.05) is 16.2 Å². The highest BCUT2D eigenvalue weighted by atomic mass is 35.5. The van der Waals surface area contributed by atoms with Crippen molar-refractivity contribution in [3.05, 3.63) is 87.4 Å². The van der Waals surface area contributed by atoms with Gasteiger partial charge in [0, 0.05) is 27.8 Å². The van der Waals surface area contributed by atoms with Gasteiger partial charge >= 0.3 is 0 Å². The molecular weight excluding hydrogens is 443 g/mol. The summed E-state index contributed by atoms with van der Waals surface area (Å²) in [5.74, 6) is -0.276. The van der Waals surface area contributed by atoms with Crippen LogP contribution in [-0.4, -0.2) is 20.9 Å². The van der Waals surface area contributed by atoms with Gasteiger partial charge in [0.05, 0.1) is 10.6 Å². The molecule has 3 aromatic carbocycles. The van der Waals surface area contributed by atoms with Crippen LogP contribution >= 0.6 is 23.2 Å². The van der Waals surface area contributed by atoms with Gasteiger partial charge in [-0.15, -0.1) is 0 Å². The first-order valence-electron chi connectivity index (χ1n) is 9.25. The lowest BCUT2D eigenvalue weighted by Crippen LogP contribution is -2.29. The number of amides is 1. The van der Waals surface area contributed by atoms with Crippen LogP contribution < -0.4 is 9.62 Å². The van der Waals surface area contributed by atoms with Crippen molar-refractivity contribution in [2.24, 2.45) is 0 Å². The lowest BCUT2D eigenvalue weighted by molar-refractivity contribution is 0.102. The summed E-state index contributed by atoms with van der Waals surface area (Å²) >= 11 is 12.0. The second kappa shape index (κ2) is 7.95. The molecule has 1 aliphatic rings. The summed E-state index contributed by atoms with van der Waals surface area (Å²) in [6.07, 6.45) is 0.527. The summed E-state index contributed by atoms with van der Waals surface area (Å²) in [6, 6.07) is 16.4. The van der Waals surface area contributed by atoms with Crippen LogP contribution in [0.25, 0.3) is 0 Å². The Morgan fingerprint density at radius 1 is 1.03 bits per heavy atom. The van der Waals surface area contributed by atoms with Crippen molar-refractivity contribution >= 4 is 50.5 Å². The van der Waals surface area contributed by atoms with Crippen LogP contribution in [0.1, 0.15) is 21.5 Å². The normalized spacial score (nSPS) is 13.2. The molecule has 0 radical (unpaired) electrons. The molecule has 1 amide bonds. The Morgan fingerprint density at radius 3 is 2.50 bits per heavy atom. The van der Waals surface area contributed by atoms with Crippen LogP contribution in [0.3, 0.4) is 0 Å². The van der Waals surface area contributed by atoms with E-state index >= 15 is 0 Å². The highest BCUT2D eigenvalue weighted by Gasteiger charge is 2.31. The van der Waals surface area contributed by atoms with Crippen LogP contribution in [0.5, 0.6) is 0 Å². The maximum atomic E-state index is 13.0. The van der Waals surface area contributed by atoms with E-state index < -0.39 is 10.0 Å². The third-order valence-electron chi connectivity index (χ3n) is 5.11. The number of nitrogens with one attached hydrogen (secondary N) is 1. The first-order chi connectivity index (χ1) is 14.3. The van der Waals surface area contributed by atoms with Crippen molar-refractivity contribution in [3.63, 3.8) is 0 Å². The van der Waals surface area contributed by atoms with Crippen LogP contribution in [-0.2, 0) is 16.4 Å². The van der Waals surface area contributed by atoms with Crippen molar-refractivity contribution < 1.29 is 13.2 Å². The highest BCUT2D eigenvalue weighted by molar-refractivity contribution is 7.92. The molecule has 30 heavy (non-hydrogen) atoms. The van der Waals surface area contributed by atoms with Gasteiger partial charge in [0.2, 0.25) is 0 Å². The molecular formula is C22H18Cl2N2O3S. The minimum absolute atomic E-state index is 0.179. The van der Waals surface area contributed by atoms with E-state index in [1.165, 1.54) is 16.4 Å². The van der Waals surface area contributed by atoms with E-state index in [0.717, 1.165) is 11.1 Å². The molecule has 0 bridgehead atoms. The molecule has 5 nitrogen and oxygen atoms in total. The fraction of sp³-hybridized carbons (Fsp3) is 0.136. The average molecular weight is 461 g/mol. The number of rotatable bonds is 4. The van der Waals surface area contributed by atoms with E-state index in [9.17, 15) is 13.2 Å². The SMILES string of the molecule is Cc1c(Cl)cccc1NC(=O)c1ccc2c(c1)CCN2S(=O)(=O)c1ccc(Cl)cc1. The lowest BCUT2D eigenvalue weighted by Gasteiger charge is -2.20. The van der Waals surface area contributed by atoms with Gasteiger partial charge in [-0.2, -0.15) is 0 Å². The molecule has 0 aliphatic carbocycles. The van der Waals surface area contributed by atoms with Crippen molar-refractivity contribution in [3.8, 4) is 0 Å². The molecule has 4 rings (SSSR count). The summed E-state index contributed by atoms with van der Waals surface area (Å²) in [6.45, 7) is 2.15. The number of nitrogens with zero attached hydrogens (tertiary/aromatic N) is 1. The third-order valence-corrected chi connectivity index (χ3v) is 7.60. The Balaban J connectivity index is 1.60. The van der Waals surface area contributed by atoms with E-state index in [1.54, 1.807) is 48.5 Å². The smallest absolute Gasteiger partial charge is 0.264 e. The van der Waals surface area contributed by atoms with Gasteiger partial charge in [0.1, 0.15) is 0 Å². The predicted molar refractivity (Wildman–Crippen MR) is 120 cm³/mol. The van der Waals surface area contributed by atoms with Gasteiger partial charge in [0.15, 0.2) is 0 Å². The second-order valence-corrected chi connectivity index (χ2v) is 9.70. The zero-order valence-electron chi connectivity index (χ0n) is 16.0. The zero-order chi connectivity index (χ0) is 21.5. The van der Waals surface area contributed by atoms with Crippen LogP contribution in [0.4, 0.5) is 11.4 Å². The number of benzene rings is 3. The van der Waals surface area contributed by atoms with Gasteiger partial charge in [-0.3, -0.25) is 9.10 Å². The number of fused-ring (bicyclic) bond motifs is 1. The third kappa shape index (κ3) is 3.78. The summed E-state index contributed by atoms with van der Waals surface area (Å²) in [4.78, 5) is 12.9. The number of anilines is 2. The number of carbonyl (C=O) groups excluding carboxylic acids is 1. The molecule has 1 heterocycles. The molecule has 0 saturated carbocycles. The maximum absolute atomic E-state index is 13.0. The lowest BCUT2D eigenvalue weighted by atomic mass is 10.1. The average Bonchev–Trinajstić information content (AvgIpc) is 3.16. The summed E-state index contributed by atoms with van der Waals surface area (Å²) in [7, 11) is -3.70. The standard InChI is InChI=1S/C22H18Cl2N2O3S/c1-14-19(24)3-2-4-20(14)25-22(27)16-5-10-21-15(13-16)11-12-26(21)30(28,29)18-8-6-17(23)7-9-18/h2-10,13H,11-12H2,1H3,(H,25,27). The Hall–Kier alpha value is -2.54. The molecule has 1 N–H and O–H groups in total. The molecule has 0 fully saturated rings. The van der Waals surface area contributed by atoms with Crippen LogP contribution in [0.15, 0.2) is 65.6 Å². The summed E-state index contributed by atoms with van der Waals surface area (Å²) in [5.41, 5.74) is 3.27. The largest absolute Gasteiger partial charge is 0.322 e. The molecule has 0 spiro atoms. The number of hydrogen-bond acceptors (Lipinski definition) is 3. The van der Waals surface area contributed by atoms with Crippen LogP contribution in [0.2, 0.25) is 10.0 Å². The van der Waals surface area contributed by atoms with Crippen molar-refractivity contribution in [2.45, 2.75) is 18.2 Å². The first kappa shape index (κ1) is 20.7. The number of halogens is 2. The van der Waals surface area contributed by atoms with Gasteiger partial charge in [-0.25, -0.2) is 8.42 Å². The van der Waals surface area contributed by atoms with Gasteiger partial charge in [0.25, 0.3) is 15.9 Å². The van der Waals surface area contributed by atoms with E-state index in [2.05, 4.69) is 5.32 Å². The molecule has 0 saturated heterocycles. The summed E-state index contributed by atoms with van der Waals surface area (Å²) in [5, 5.41) is 3.91. The minimum atomic E-state index is -3.70. The van der Waals surface area contributed by atoms with E-state index in [0.29, 0.717) is 39.9 Å². The quantitative estimate of drug-likeness (QED) is 0.573.